The van der Waals surface area contributed by atoms with E-state index in [2.05, 4.69) is 47.5 Å². The Morgan fingerprint density at radius 1 is 1.26 bits per heavy atom. The third kappa shape index (κ3) is 4.13. The smallest absolute Gasteiger partial charge is 0.227 e. The Hall–Kier alpha value is -2.27. The monoisotopic (exact) mass is 325 g/mol. The van der Waals surface area contributed by atoms with E-state index >= 15 is 0 Å². The minimum absolute atomic E-state index is 0.123. The molecule has 0 fully saturated rings. The Bertz CT molecular complexity index is 717. The highest BCUT2D eigenvalue weighted by atomic mass is 32.1. The van der Waals surface area contributed by atoms with Crippen molar-refractivity contribution in [3.05, 3.63) is 69.7 Å². The van der Waals surface area contributed by atoms with Gasteiger partial charge in [-0.15, -0.1) is 11.3 Å². The topological polar surface area (TPSA) is 45.0 Å². The third-order valence-electron chi connectivity index (χ3n) is 3.81. The molecule has 2 aromatic rings. The lowest BCUT2D eigenvalue weighted by atomic mass is 10.1. The molecule has 5 heteroatoms. The van der Waals surface area contributed by atoms with Gasteiger partial charge in [-0.25, -0.2) is 0 Å². The zero-order chi connectivity index (χ0) is 16.1. The van der Waals surface area contributed by atoms with E-state index in [1.807, 2.05) is 16.3 Å². The highest BCUT2D eigenvalue weighted by molar-refractivity contribution is 7.09. The molecule has 0 N–H and O–H groups in total. The maximum Gasteiger partial charge on any atom is 0.227 e. The summed E-state index contributed by atoms with van der Waals surface area (Å²) in [4.78, 5) is 15.7. The standard InChI is InChI=1S/C18H19N3OS/c1-14-4-6-15(7-5-14)8-9-18(22)21(16-11-19-20-12-16)13-17-3-2-10-23-17/h2-7,10-11H,8-9,12-13H2,1H3. The Balaban J connectivity index is 1.66. The number of thiophene rings is 1. The molecule has 2 heterocycles. The quantitative estimate of drug-likeness (QED) is 0.780. The van der Waals surface area contributed by atoms with Crippen molar-refractivity contribution in [2.24, 2.45) is 10.2 Å². The summed E-state index contributed by atoms with van der Waals surface area (Å²) in [6.45, 7) is 3.15. The second kappa shape index (κ2) is 7.33. The number of carbonyl (C=O) groups excluding carboxylic acids is 1. The number of azo groups is 1. The number of amides is 1. The summed E-state index contributed by atoms with van der Waals surface area (Å²) >= 11 is 1.66. The van der Waals surface area contributed by atoms with Crippen LogP contribution in [0.2, 0.25) is 0 Å². The van der Waals surface area contributed by atoms with Crippen molar-refractivity contribution in [2.45, 2.75) is 26.3 Å². The number of hydrogen-bond donors (Lipinski definition) is 0. The molecule has 0 saturated heterocycles. The van der Waals surface area contributed by atoms with Gasteiger partial charge in [-0.1, -0.05) is 35.9 Å². The molecule has 1 aliphatic rings. The second-order valence-corrected chi connectivity index (χ2v) is 6.61. The molecule has 0 aliphatic carbocycles. The van der Waals surface area contributed by atoms with Crippen LogP contribution in [0.15, 0.2) is 63.9 Å². The highest BCUT2D eigenvalue weighted by Gasteiger charge is 2.20. The van der Waals surface area contributed by atoms with Crippen molar-refractivity contribution < 1.29 is 4.79 Å². The molecule has 0 unspecified atom stereocenters. The first-order valence-electron chi connectivity index (χ1n) is 7.66. The number of carbonyl (C=O) groups is 1. The molecule has 1 aromatic heterocycles. The summed E-state index contributed by atoms with van der Waals surface area (Å²) in [6.07, 6.45) is 2.94. The van der Waals surface area contributed by atoms with Crippen LogP contribution >= 0.6 is 11.3 Å². The summed E-state index contributed by atoms with van der Waals surface area (Å²) in [5.74, 6) is 0.123. The van der Waals surface area contributed by atoms with Crippen LogP contribution in [0.1, 0.15) is 22.4 Å². The number of nitrogens with zero attached hydrogens (tertiary/aromatic N) is 3. The van der Waals surface area contributed by atoms with Crippen molar-refractivity contribution in [1.29, 1.82) is 0 Å². The average Bonchev–Trinajstić information content (AvgIpc) is 3.25. The average molecular weight is 325 g/mol. The van der Waals surface area contributed by atoms with Crippen LogP contribution in [0, 0.1) is 6.92 Å². The van der Waals surface area contributed by atoms with E-state index in [0.717, 1.165) is 12.1 Å². The molecule has 1 aliphatic heterocycles. The predicted octanol–water partition coefficient (Wildman–Crippen LogP) is 4.33. The summed E-state index contributed by atoms with van der Waals surface area (Å²) < 4.78 is 0. The van der Waals surface area contributed by atoms with Gasteiger partial charge in [-0.2, -0.15) is 10.2 Å². The van der Waals surface area contributed by atoms with Crippen LogP contribution in [0.4, 0.5) is 0 Å². The molecular weight excluding hydrogens is 306 g/mol. The lowest BCUT2D eigenvalue weighted by Gasteiger charge is -2.22. The van der Waals surface area contributed by atoms with Crippen LogP contribution in [0.25, 0.3) is 0 Å². The number of rotatable bonds is 6. The van der Waals surface area contributed by atoms with E-state index in [0.29, 0.717) is 19.5 Å². The zero-order valence-corrected chi connectivity index (χ0v) is 13.9. The summed E-state index contributed by atoms with van der Waals surface area (Å²) in [7, 11) is 0. The molecule has 0 radical (unpaired) electrons. The van der Waals surface area contributed by atoms with Crippen molar-refractivity contribution in [2.75, 3.05) is 6.54 Å². The van der Waals surface area contributed by atoms with E-state index in [-0.39, 0.29) is 5.91 Å². The summed E-state index contributed by atoms with van der Waals surface area (Å²) in [6, 6.07) is 12.4. The van der Waals surface area contributed by atoms with Crippen molar-refractivity contribution >= 4 is 17.2 Å². The highest BCUT2D eigenvalue weighted by Crippen LogP contribution is 2.20. The summed E-state index contributed by atoms with van der Waals surface area (Å²) in [5.41, 5.74) is 3.31. The van der Waals surface area contributed by atoms with Crippen LogP contribution in [0.5, 0.6) is 0 Å². The first-order chi connectivity index (χ1) is 11.2. The fraction of sp³-hybridized carbons (Fsp3) is 0.278. The van der Waals surface area contributed by atoms with E-state index in [4.69, 9.17) is 0 Å². The van der Waals surface area contributed by atoms with Gasteiger partial charge < -0.3 is 4.90 Å². The molecule has 0 saturated carbocycles. The van der Waals surface area contributed by atoms with Crippen LogP contribution in [-0.4, -0.2) is 17.4 Å². The van der Waals surface area contributed by atoms with E-state index < -0.39 is 0 Å². The maximum absolute atomic E-state index is 12.7. The first-order valence-corrected chi connectivity index (χ1v) is 8.54. The maximum atomic E-state index is 12.7. The number of benzene rings is 1. The second-order valence-electron chi connectivity index (χ2n) is 5.58. The van der Waals surface area contributed by atoms with E-state index in [9.17, 15) is 4.79 Å². The van der Waals surface area contributed by atoms with E-state index in [1.54, 1.807) is 17.5 Å². The van der Waals surface area contributed by atoms with Crippen molar-refractivity contribution in [3.8, 4) is 0 Å². The van der Waals surface area contributed by atoms with Crippen molar-refractivity contribution in [1.82, 2.24) is 4.90 Å². The Morgan fingerprint density at radius 3 is 2.74 bits per heavy atom. The molecule has 3 rings (SSSR count). The lowest BCUT2D eigenvalue weighted by Crippen LogP contribution is -2.30. The van der Waals surface area contributed by atoms with Gasteiger partial charge in [-0.05, 0) is 30.4 Å². The van der Waals surface area contributed by atoms with Gasteiger partial charge in [0.15, 0.2) is 0 Å². The molecular formula is C18H19N3OS. The SMILES string of the molecule is Cc1ccc(CCC(=O)N(Cc2cccs2)C2=CN=NC2)cc1. The fourth-order valence-corrected chi connectivity index (χ4v) is 3.16. The number of hydrogen-bond acceptors (Lipinski definition) is 4. The molecule has 23 heavy (non-hydrogen) atoms. The van der Waals surface area contributed by atoms with Gasteiger partial charge in [0.2, 0.25) is 5.91 Å². The molecule has 0 atom stereocenters. The molecule has 4 nitrogen and oxygen atoms in total. The van der Waals surface area contributed by atoms with Crippen LogP contribution < -0.4 is 0 Å². The molecule has 0 bridgehead atoms. The van der Waals surface area contributed by atoms with Crippen LogP contribution in [0.3, 0.4) is 0 Å². The van der Waals surface area contributed by atoms with Gasteiger partial charge in [-0.3, -0.25) is 4.79 Å². The Morgan fingerprint density at radius 2 is 2.09 bits per heavy atom. The normalized spacial score (nSPS) is 13.2. The molecule has 1 aromatic carbocycles. The van der Waals surface area contributed by atoms with Crippen LogP contribution in [-0.2, 0) is 17.8 Å². The third-order valence-corrected chi connectivity index (χ3v) is 4.67. The largest absolute Gasteiger partial charge is 0.307 e. The molecule has 0 spiro atoms. The number of aryl methyl sites for hydroxylation is 2. The fourth-order valence-electron chi connectivity index (χ4n) is 2.47. The molecule has 118 valence electrons. The Labute approximate surface area is 140 Å². The van der Waals surface area contributed by atoms with Gasteiger partial charge in [0.05, 0.1) is 18.4 Å². The minimum atomic E-state index is 0.123. The minimum Gasteiger partial charge on any atom is -0.307 e. The predicted molar refractivity (Wildman–Crippen MR) is 92.2 cm³/mol. The Kier molecular flexibility index (Phi) is 4.98. The van der Waals surface area contributed by atoms with Gasteiger partial charge >= 0.3 is 0 Å². The van der Waals surface area contributed by atoms with Gasteiger partial charge in [0.25, 0.3) is 0 Å². The molecule has 1 amide bonds. The van der Waals surface area contributed by atoms with Gasteiger partial charge in [0, 0.05) is 11.3 Å². The summed E-state index contributed by atoms with van der Waals surface area (Å²) in [5, 5.41) is 9.89. The van der Waals surface area contributed by atoms with E-state index in [1.165, 1.54) is 16.0 Å². The van der Waals surface area contributed by atoms with Gasteiger partial charge in [0.1, 0.15) is 6.54 Å². The lowest BCUT2D eigenvalue weighted by molar-refractivity contribution is -0.129. The van der Waals surface area contributed by atoms with Crippen molar-refractivity contribution in [3.63, 3.8) is 0 Å². The zero-order valence-electron chi connectivity index (χ0n) is 13.1. The first kappa shape index (κ1) is 15.6.